The number of anilines is 1. The molecule has 5 nitrogen and oxygen atoms in total. The average Bonchev–Trinajstić information content (AvgIpc) is 2.43. The minimum Gasteiger partial charge on any atom is -0.265 e. The predicted octanol–water partition coefficient (Wildman–Crippen LogP) is 2.79. The molecule has 0 saturated heterocycles. The number of benzene rings is 1. The SMILES string of the molecule is CCN(c1ccccc1)[N+](=O)[O-].c1ccncc1. The second kappa shape index (κ2) is 7.78. The Labute approximate surface area is 106 Å². The zero-order chi connectivity index (χ0) is 13.2. The molecule has 0 saturated carbocycles. The molecule has 1 heterocycles. The zero-order valence-electron chi connectivity index (χ0n) is 10.1. The number of rotatable bonds is 3. The molecule has 5 heteroatoms. The molecular weight excluding hydrogens is 230 g/mol. The smallest absolute Gasteiger partial charge is 0.165 e. The van der Waals surface area contributed by atoms with Gasteiger partial charge >= 0.3 is 0 Å². The highest BCUT2D eigenvalue weighted by Gasteiger charge is 2.12. The van der Waals surface area contributed by atoms with Crippen LogP contribution in [0.4, 0.5) is 5.69 Å². The minimum absolute atomic E-state index is 0.372. The maximum Gasteiger partial charge on any atom is 0.165 e. The standard InChI is InChI=1S/C8H10N2O2.C5H5N/c1-2-9(10(11)12)8-6-4-3-5-7-8;1-2-4-6-5-3-1/h3-7H,2H2,1H3;1-5H. The van der Waals surface area contributed by atoms with Gasteiger partial charge < -0.3 is 0 Å². The van der Waals surface area contributed by atoms with Crippen LogP contribution in [0.3, 0.4) is 0 Å². The lowest BCUT2D eigenvalue weighted by Gasteiger charge is -2.10. The lowest BCUT2D eigenvalue weighted by atomic mass is 10.3. The maximum absolute atomic E-state index is 10.5. The van der Waals surface area contributed by atoms with Gasteiger partial charge in [-0.1, -0.05) is 29.3 Å². The van der Waals surface area contributed by atoms with Crippen molar-refractivity contribution in [1.82, 2.24) is 4.98 Å². The number of nitrogens with zero attached hydrogens (tertiary/aromatic N) is 3. The van der Waals surface area contributed by atoms with Crippen molar-refractivity contribution in [1.29, 1.82) is 0 Å². The Balaban J connectivity index is 0.000000225. The third-order valence-electron chi connectivity index (χ3n) is 2.12. The fourth-order valence-electron chi connectivity index (χ4n) is 1.30. The molecule has 18 heavy (non-hydrogen) atoms. The number of nitro groups is 1. The molecule has 0 amide bonds. The Bertz CT molecular complexity index is 422. The van der Waals surface area contributed by atoms with Gasteiger partial charge in [0.05, 0.1) is 6.54 Å². The lowest BCUT2D eigenvalue weighted by Crippen LogP contribution is -2.29. The Morgan fingerprint density at radius 1 is 1.11 bits per heavy atom. The van der Waals surface area contributed by atoms with Gasteiger partial charge in [-0.05, 0) is 31.2 Å². The first-order valence-corrected chi connectivity index (χ1v) is 5.57. The van der Waals surface area contributed by atoms with Gasteiger partial charge in [0.15, 0.2) is 5.03 Å². The summed E-state index contributed by atoms with van der Waals surface area (Å²) in [6, 6.07) is 14.5. The monoisotopic (exact) mass is 245 g/mol. The number of hydrazine groups is 1. The number of aromatic nitrogens is 1. The predicted molar refractivity (Wildman–Crippen MR) is 70.7 cm³/mol. The summed E-state index contributed by atoms with van der Waals surface area (Å²) < 4.78 is 0. The molecule has 2 aromatic rings. The minimum atomic E-state index is -0.407. The number of hydrogen-bond donors (Lipinski definition) is 0. The van der Waals surface area contributed by atoms with Crippen molar-refractivity contribution in [3.63, 3.8) is 0 Å². The molecule has 0 aliphatic rings. The summed E-state index contributed by atoms with van der Waals surface area (Å²) in [7, 11) is 0. The van der Waals surface area contributed by atoms with Gasteiger partial charge in [-0.25, -0.2) is 10.1 Å². The highest BCUT2D eigenvalue weighted by atomic mass is 16.7. The number of hydrogen-bond acceptors (Lipinski definition) is 3. The van der Waals surface area contributed by atoms with Crippen LogP contribution in [0.5, 0.6) is 0 Å². The van der Waals surface area contributed by atoms with Crippen LogP contribution < -0.4 is 5.01 Å². The molecule has 1 aromatic carbocycles. The largest absolute Gasteiger partial charge is 0.265 e. The Kier molecular flexibility index (Phi) is 5.89. The molecule has 0 aliphatic carbocycles. The molecular formula is C13H15N3O2. The second-order valence-electron chi connectivity index (χ2n) is 3.31. The fraction of sp³-hybridized carbons (Fsp3) is 0.154. The van der Waals surface area contributed by atoms with Crippen molar-refractivity contribution in [2.45, 2.75) is 6.92 Å². The summed E-state index contributed by atoms with van der Waals surface area (Å²) in [4.78, 5) is 14.2. The summed E-state index contributed by atoms with van der Waals surface area (Å²) in [6.45, 7) is 2.12. The van der Waals surface area contributed by atoms with E-state index in [-0.39, 0.29) is 0 Å². The fourth-order valence-corrected chi connectivity index (χ4v) is 1.30. The first kappa shape index (κ1) is 13.6. The quantitative estimate of drug-likeness (QED) is 0.616. The molecule has 0 bridgehead atoms. The van der Waals surface area contributed by atoms with Gasteiger partial charge in [-0.3, -0.25) is 4.98 Å². The Hall–Kier alpha value is -2.43. The molecule has 0 unspecified atom stereocenters. The maximum atomic E-state index is 10.5. The summed E-state index contributed by atoms with van der Waals surface area (Å²) in [5, 5.41) is 11.2. The van der Waals surface area contributed by atoms with Crippen molar-refractivity contribution < 1.29 is 5.03 Å². The summed E-state index contributed by atoms with van der Waals surface area (Å²) in [5.41, 5.74) is 0.616. The van der Waals surface area contributed by atoms with E-state index in [0.29, 0.717) is 12.2 Å². The molecule has 0 fully saturated rings. The van der Waals surface area contributed by atoms with Gasteiger partial charge in [-0.15, -0.1) is 0 Å². The third-order valence-corrected chi connectivity index (χ3v) is 2.12. The lowest BCUT2D eigenvalue weighted by molar-refractivity contribution is -0.494. The van der Waals surface area contributed by atoms with E-state index in [1.165, 1.54) is 0 Å². The van der Waals surface area contributed by atoms with Crippen molar-refractivity contribution in [2.24, 2.45) is 0 Å². The molecule has 1 aromatic heterocycles. The van der Waals surface area contributed by atoms with Crippen LogP contribution >= 0.6 is 0 Å². The normalized spacial score (nSPS) is 8.94. The molecule has 0 spiro atoms. The van der Waals surface area contributed by atoms with Gasteiger partial charge in [0.2, 0.25) is 0 Å². The molecule has 0 N–H and O–H groups in total. The van der Waals surface area contributed by atoms with Gasteiger partial charge in [0.1, 0.15) is 5.69 Å². The van der Waals surface area contributed by atoms with Crippen LogP contribution in [0, 0.1) is 10.1 Å². The highest BCUT2D eigenvalue weighted by molar-refractivity contribution is 5.42. The van der Waals surface area contributed by atoms with E-state index in [2.05, 4.69) is 4.98 Å². The first-order valence-electron chi connectivity index (χ1n) is 5.57. The molecule has 0 atom stereocenters. The molecule has 0 aliphatic heterocycles. The average molecular weight is 245 g/mol. The van der Waals surface area contributed by atoms with E-state index >= 15 is 0 Å². The summed E-state index contributed by atoms with van der Waals surface area (Å²) >= 11 is 0. The van der Waals surface area contributed by atoms with E-state index in [4.69, 9.17) is 0 Å². The van der Waals surface area contributed by atoms with Crippen molar-refractivity contribution >= 4 is 5.69 Å². The van der Waals surface area contributed by atoms with Gasteiger partial charge in [-0.2, -0.15) is 0 Å². The topological polar surface area (TPSA) is 59.3 Å². The Morgan fingerprint density at radius 2 is 1.67 bits per heavy atom. The van der Waals surface area contributed by atoms with Crippen molar-refractivity contribution in [3.05, 3.63) is 71.0 Å². The van der Waals surface area contributed by atoms with E-state index in [9.17, 15) is 10.1 Å². The molecule has 0 radical (unpaired) electrons. The van der Waals surface area contributed by atoms with E-state index in [0.717, 1.165) is 5.01 Å². The van der Waals surface area contributed by atoms with Crippen LogP contribution in [0.15, 0.2) is 60.9 Å². The first-order chi connectivity index (χ1) is 8.75. The molecule has 94 valence electrons. The van der Waals surface area contributed by atoms with Gasteiger partial charge in [0.25, 0.3) is 0 Å². The second-order valence-corrected chi connectivity index (χ2v) is 3.31. The third kappa shape index (κ3) is 4.61. The summed E-state index contributed by atoms with van der Waals surface area (Å²) in [6.07, 6.45) is 3.50. The highest BCUT2D eigenvalue weighted by Crippen LogP contribution is 2.11. The van der Waals surface area contributed by atoms with Crippen LogP contribution in [-0.4, -0.2) is 16.6 Å². The number of pyridine rings is 1. The van der Waals surface area contributed by atoms with Crippen LogP contribution in [0.2, 0.25) is 0 Å². The van der Waals surface area contributed by atoms with E-state index in [1.807, 2.05) is 24.3 Å². The van der Waals surface area contributed by atoms with Crippen LogP contribution in [-0.2, 0) is 0 Å². The van der Waals surface area contributed by atoms with Gasteiger partial charge in [0, 0.05) is 12.4 Å². The van der Waals surface area contributed by atoms with E-state index in [1.54, 1.807) is 43.6 Å². The van der Waals surface area contributed by atoms with Crippen LogP contribution in [0.1, 0.15) is 6.92 Å². The van der Waals surface area contributed by atoms with Crippen LogP contribution in [0.25, 0.3) is 0 Å². The summed E-state index contributed by atoms with van der Waals surface area (Å²) in [5.74, 6) is 0. The van der Waals surface area contributed by atoms with Crippen molar-refractivity contribution in [3.8, 4) is 0 Å². The number of para-hydroxylation sites is 1. The van der Waals surface area contributed by atoms with Crippen molar-refractivity contribution in [2.75, 3.05) is 11.6 Å². The van der Waals surface area contributed by atoms with E-state index < -0.39 is 5.03 Å². The molecule has 2 rings (SSSR count). The Morgan fingerprint density at radius 3 is 2.00 bits per heavy atom. The zero-order valence-corrected chi connectivity index (χ0v) is 10.1.